The molecule has 7 aliphatic heterocycles. The average Bonchev–Trinajstić information content (AvgIpc) is 0.767. The number of aromatic nitrogens is 2. The summed E-state index contributed by atoms with van der Waals surface area (Å²) in [7, 11) is 1.47. The van der Waals surface area contributed by atoms with Crippen LogP contribution in [0.3, 0.4) is 0 Å². The summed E-state index contributed by atoms with van der Waals surface area (Å²) in [5, 5.41) is 132. The molecule has 2 saturated heterocycles. The lowest BCUT2D eigenvalue weighted by Crippen LogP contribution is -2.64. The molecule has 7 aliphatic rings. The number of primary amides is 1. The summed E-state index contributed by atoms with van der Waals surface area (Å²) >= 11 is 15.1. The lowest BCUT2D eigenvalue weighted by Gasteiger charge is -2.47. The number of carboxylic acid groups (broad SMARTS) is 1. The number of rotatable bonds is 15. The molecule has 38 heteroatoms. The van der Waals surface area contributed by atoms with Crippen LogP contribution >= 0.6 is 35.0 Å². The third kappa shape index (κ3) is 17.6. The number of carbonyl (C=O) groups is 8. The Hall–Kier alpha value is -9.93. The normalized spacial score (nSPS) is 28.1. The second kappa shape index (κ2) is 32.7. The molecule has 13 rings (SSSR count). The number of likely N-dealkylation sites (N-methyl/N-ethyl adjacent to an activating group) is 1. The third-order valence-electron chi connectivity index (χ3n) is 18.8. The molecule has 2 fully saturated rings. The Morgan fingerprint density at radius 1 is 0.725 bits per heavy atom. The molecule has 9 unspecified atom stereocenters. The number of hydrogen-bond acceptors (Lipinski definition) is 28. The van der Waals surface area contributed by atoms with Crippen LogP contribution in [0.5, 0.6) is 51.9 Å². The first-order valence-electron chi connectivity index (χ1n) is 34.0. The molecule has 582 valence electrons. The molecule has 21 N–H and O–H groups in total. The monoisotopic (exact) mass is 1570 g/mol. The average molecular weight is 1570 g/mol. The second-order valence-corrected chi connectivity index (χ2v) is 29.3. The smallest absolute Gasteiger partial charge is 0.330 e. The van der Waals surface area contributed by atoms with Gasteiger partial charge in [0.05, 0.1) is 40.8 Å². The minimum absolute atomic E-state index is 0.000331. The number of fused-ring (bicyclic) bond motifs is 15. The van der Waals surface area contributed by atoms with Crippen LogP contribution in [-0.2, 0) is 52.6 Å². The van der Waals surface area contributed by atoms with Gasteiger partial charge in [0, 0.05) is 52.2 Å². The highest BCUT2D eigenvalue weighted by atomic mass is 35.5. The van der Waals surface area contributed by atoms with Crippen molar-refractivity contribution in [3.8, 4) is 63.0 Å². The summed E-state index contributed by atoms with van der Waals surface area (Å²) in [6.07, 6.45) is -18.4. The van der Waals surface area contributed by atoms with E-state index in [9.17, 15) is 75.0 Å². The van der Waals surface area contributed by atoms with E-state index in [2.05, 4.69) is 47.2 Å². The maximum atomic E-state index is 16.2. The molecule has 18 atom stereocenters. The SMILES string of the molecule is CN[C@@H](CC(C)C)C(=O)N[C@H]1C(=O)N[C@@H](CC(N)=O)C(=O)N[C@H]2C(=O)N[C@H]3C(=O)N[C@H](C(=O)N[C@@H](C(=O)O)c4cc(O)cc(O)c4-c4cc3ccc4O)[C@H](O)c3ccc(c(Cl)c3)Oc3cc2cc(c3OC2OC(CSc3nc(C)cc(O)n3)C(O)C(O)C2OC2CC(C)(N)C(O)C(C)O2)Oc2ccc(cc2Cl)[C@H]1O. The number of nitrogens with one attached hydrogen (secondary N) is 7. The van der Waals surface area contributed by atoms with Gasteiger partial charge in [0.25, 0.3) is 0 Å². The number of nitrogens with two attached hydrogens (primary N) is 2. The van der Waals surface area contributed by atoms with Crippen molar-refractivity contribution in [2.45, 2.75) is 168 Å². The molecule has 0 saturated carbocycles. The minimum Gasteiger partial charge on any atom is -0.508 e. The van der Waals surface area contributed by atoms with Crippen LogP contribution in [0, 0.1) is 12.8 Å². The lowest BCUT2D eigenvalue weighted by molar-refractivity contribution is -0.329. The highest BCUT2D eigenvalue weighted by Crippen LogP contribution is 2.50. The Morgan fingerprint density at radius 3 is 1.95 bits per heavy atom. The van der Waals surface area contributed by atoms with Crippen LogP contribution in [0.25, 0.3) is 11.1 Å². The van der Waals surface area contributed by atoms with E-state index >= 15 is 14.4 Å². The number of halogens is 2. The topological polar surface area (TPSA) is 556 Å². The number of carboxylic acids is 1. The van der Waals surface area contributed by atoms with Crippen LogP contribution in [0.2, 0.25) is 10.0 Å². The van der Waals surface area contributed by atoms with E-state index in [4.69, 9.17) is 63.1 Å². The van der Waals surface area contributed by atoms with Gasteiger partial charge in [-0.2, -0.15) is 4.98 Å². The van der Waals surface area contributed by atoms with Crippen LogP contribution in [0.1, 0.15) is 111 Å². The molecule has 8 heterocycles. The molecule has 6 aromatic rings. The van der Waals surface area contributed by atoms with Gasteiger partial charge < -0.3 is 128 Å². The molecule has 1 aromatic heterocycles. The number of nitrogens with zero attached hydrogens (tertiary/aromatic N) is 2. The second-order valence-electron chi connectivity index (χ2n) is 27.5. The maximum absolute atomic E-state index is 16.2. The molecule has 5 aromatic carbocycles. The van der Waals surface area contributed by atoms with Crippen molar-refractivity contribution in [1.82, 2.24) is 47.2 Å². The number of aryl methyl sites for hydroxylation is 1. The summed E-state index contributed by atoms with van der Waals surface area (Å²) in [4.78, 5) is 126. The van der Waals surface area contributed by atoms with Gasteiger partial charge >= 0.3 is 5.97 Å². The van der Waals surface area contributed by atoms with E-state index in [-0.39, 0.29) is 57.1 Å². The molecular formula is C71H79Cl2N11O24S. The van der Waals surface area contributed by atoms with Gasteiger partial charge in [-0.3, -0.25) is 33.6 Å². The third-order valence-corrected chi connectivity index (χ3v) is 20.3. The van der Waals surface area contributed by atoms with Gasteiger partial charge in [-0.05, 0) is 117 Å². The summed E-state index contributed by atoms with van der Waals surface area (Å²) in [5.41, 5.74) is 8.44. The van der Waals surface area contributed by atoms with E-state index < -0.39 is 236 Å². The van der Waals surface area contributed by atoms with Crippen molar-refractivity contribution < 1.29 is 118 Å². The maximum Gasteiger partial charge on any atom is 0.330 e. The van der Waals surface area contributed by atoms with Gasteiger partial charge in [0.15, 0.2) is 35.1 Å². The van der Waals surface area contributed by atoms with E-state index in [0.29, 0.717) is 5.69 Å². The number of aliphatic carboxylic acids is 1. The van der Waals surface area contributed by atoms with Crippen LogP contribution in [0.4, 0.5) is 0 Å². The Morgan fingerprint density at radius 2 is 1.35 bits per heavy atom. The first-order valence-corrected chi connectivity index (χ1v) is 35.7. The van der Waals surface area contributed by atoms with E-state index in [0.717, 1.165) is 78.5 Å². The Bertz CT molecular complexity index is 4540. The fraction of sp³-hybridized carbons (Fsp3) is 0.408. The zero-order valence-electron chi connectivity index (χ0n) is 58.7. The number of hydrogen-bond donors (Lipinski definition) is 19. The fourth-order valence-electron chi connectivity index (χ4n) is 13.2. The Kier molecular flexibility index (Phi) is 24.0. The lowest BCUT2D eigenvalue weighted by atomic mass is 9.86. The molecule has 109 heavy (non-hydrogen) atoms. The first-order chi connectivity index (χ1) is 51.5. The standard InChI is InChI=1S/C71H79Cl2N11O24S/c1-25(2)13-37(76-6)62(95)83-53-55(90)29-8-11-41(35(72)16-29)104-43-18-31-19-44(59(43)108-69-60(107-48-23-71(5,75)61(94)27(4)103-48)58(93)57(92)45(106-69)24-109-70-77-26(3)14-47(89)79-70)105-42-12-9-30(17-36(42)73)56(91)54-67(100)82-52(68(101)102)34-20-32(85)21-40(87)49(34)33-15-28(7-10-39(33)86)50(64(97)84-54)81-65(98)51(31)80-63(96)38(22-46(74)88)78-66(53)99/h7-12,14-21,25,27,37-38,45,48,50-58,60-61,69,76,85-87,90-94H,13,22-24,75H2,1-6H3,(H2,74,88)(H,78,99)(H,80,96)(H,81,98)(H,82,100)(H,83,95)(H,84,97)(H,101,102)(H,77,79,89)/t27?,37-,38-,45?,48?,50+,51+,52+,53+,54-,55+,56+,57?,58?,60?,61?,69?,71?/m0/s1. The Labute approximate surface area is 634 Å². The van der Waals surface area contributed by atoms with Crippen molar-refractivity contribution in [1.29, 1.82) is 0 Å². The number of benzene rings is 5. The van der Waals surface area contributed by atoms with Crippen LogP contribution < -0.4 is 62.9 Å². The van der Waals surface area contributed by atoms with Crippen molar-refractivity contribution in [2.75, 3.05) is 12.8 Å². The van der Waals surface area contributed by atoms with Crippen molar-refractivity contribution in [3.05, 3.63) is 128 Å². The van der Waals surface area contributed by atoms with Crippen molar-refractivity contribution >= 4 is 82.3 Å². The Balaban J connectivity index is 1.17. The number of aliphatic hydroxyl groups is 5. The van der Waals surface area contributed by atoms with Crippen molar-refractivity contribution in [2.24, 2.45) is 17.4 Å². The first kappa shape index (κ1) is 80.1. The number of ether oxygens (including phenoxy) is 6. The summed E-state index contributed by atoms with van der Waals surface area (Å²) < 4.78 is 39.4. The largest absolute Gasteiger partial charge is 0.508 e. The molecule has 35 nitrogen and oxygen atoms in total. The highest BCUT2D eigenvalue weighted by Gasteiger charge is 2.52. The fourth-order valence-corrected chi connectivity index (χ4v) is 14.6. The van der Waals surface area contributed by atoms with Gasteiger partial charge in [-0.25, -0.2) is 9.78 Å². The summed E-state index contributed by atoms with van der Waals surface area (Å²) in [6.45, 7) is 8.23. The number of aliphatic hydroxyl groups excluding tert-OH is 5. The van der Waals surface area contributed by atoms with E-state index in [1.54, 1.807) is 6.92 Å². The van der Waals surface area contributed by atoms with E-state index in [1.807, 2.05) is 13.8 Å². The number of phenolic OH excluding ortho intramolecular Hbond substituents is 3. The number of amides is 7. The van der Waals surface area contributed by atoms with Gasteiger partial charge in [0.1, 0.15) is 83.4 Å². The number of aromatic hydroxyl groups is 4. The highest BCUT2D eigenvalue weighted by molar-refractivity contribution is 7.99. The zero-order valence-corrected chi connectivity index (χ0v) is 61.0. The predicted octanol–water partition coefficient (Wildman–Crippen LogP) is 1.71. The molecular weight excluding hydrogens is 1490 g/mol. The number of phenols is 3. The summed E-state index contributed by atoms with van der Waals surface area (Å²) in [6, 6.07) is 0.619. The van der Waals surface area contributed by atoms with Crippen LogP contribution in [0.15, 0.2) is 90.1 Å². The predicted molar refractivity (Wildman–Crippen MR) is 381 cm³/mol. The molecule has 0 radical (unpaired) electrons. The summed E-state index contributed by atoms with van der Waals surface area (Å²) in [5.74, 6) is -16.7. The molecule has 0 spiro atoms. The van der Waals surface area contributed by atoms with Gasteiger partial charge in [0.2, 0.25) is 59.3 Å². The molecule has 11 bridgehead atoms. The number of thioether (sulfide) groups is 1. The van der Waals surface area contributed by atoms with Gasteiger partial charge in [-0.15, -0.1) is 0 Å². The zero-order chi connectivity index (χ0) is 79.1. The van der Waals surface area contributed by atoms with Crippen LogP contribution in [-0.4, -0.2) is 200 Å². The van der Waals surface area contributed by atoms with Crippen molar-refractivity contribution in [3.63, 3.8) is 0 Å². The van der Waals surface area contributed by atoms with Gasteiger partial charge in [-0.1, -0.05) is 67.0 Å². The van der Waals surface area contributed by atoms with E-state index in [1.165, 1.54) is 39.1 Å². The minimum atomic E-state index is -2.36. The number of carbonyl (C=O) groups excluding carboxylic acids is 7. The molecule has 0 aliphatic carbocycles. The quantitative estimate of drug-likeness (QED) is 0.0514. The molecule has 7 amide bonds.